The normalized spacial score (nSPS) is 18.0. The molecule has 0 aromatic heterocycles. The van der Waals surface area contributed by atoms with Crippen molar-refractivity contribution in [3.63, 3.8) is 0 Å². The Morgan fingerprint density at radius 2 is 1.91 bits per heavy atom. The Balaban J connectivity index is 1.80. The van der Waals surface area contributed by atoms with Crippen LogP contribution in [0.15, 0.2) is 42.5 Å². The fraction of sp³-hybridized carbons (Fsp3) is 0.368. The van der Waals surface area contributed by atoms with Gasteiger partial charge in [0.2, 0.25) is 0 Å². The fourth-order valence-electron chi connectivity index (χ4n) is 3.32. The molecule has 0 radical (unpaired) electrons. The molecule has 122 valence electrons. The van der Waals surface area contributed by atoms with Crippen molar-refractivity contribution in [3.8, 4) is 0 Å². The minimum absolute atomic E-state index is 0.186. The zero-order valence-corrected chi connectivity index (χ0v) is 13.9. The van der Waals surface area contributed by atoms with Gasteiger partial charge in [-0.1, -0.05) is 29.8 Å². The van der Waals surface area contributed by atoms with Gasteiger partial charge in [-0.15, -0.1) is 0 Å². The Hall–Kier alpha value is -1.42. The van der Waals surface area contributed by atoms with E-state index in [-0.39, 0.29) is 5.82 Å². The Labute approximate surface area is 142 Å². The number of nitrogens with zero attached hydrogens (tertiary/aromatic N) is 1. The number of halogens is 2. The maximum Gasteiger partial charge on any atom is 0.123 e. The molecule has 1 atom stereocenters. The molecule has 0 aliphatic carbocycles. The summed E-state index contributed by atoms with van der Waals surface area (Å²) in [5.41, 5.74) is 9.53. The quantitative estimate of drug-likeness (QED) is 0.902. The van der Waals surface area contributed by atoms with E-state index in [9.17, 15) is 4.39 Å². The lowest BCUT2D eigenvalue weighted by Gasteiger charge is -2.37. The second-order valence-corrected chi connectivity index (χ2v) is 6.65. The molecule has 0 amide bonds. The summed E-state index contributed by atoms with van der Waals surface area (Å²) >= 11 is 6.15. The molecule has 4 heteroatoms. The molecule has 0 saturated heterocycles. The van der Waals surface area contributed by atoms with Crippen LogP contribution in [-0.4, -0.2) is 24.0 Å². The molecular formula is C19H22ClFN2. The Bertz CT molecular complexity index is 657. The number of hydrogen-bond acceptors (Lipinski definition) is 2. The van der Waals surface area contributed by atoms with Crippen LogP contribution in [0.25, 0.3) is 0 Å². The average molecular weight is 333 g/mol. The van der Waals surface area contributed by atoms with Crippen LogP contribution in [0.1, 0.15) is 23.1 Å². The third-order valence-corrected chi connectivity index (χ3v) is 4.78. The largest absolute Gasteiger partial charge is 0.330 e. The predicted octanol–water partition coefficient (Wildman–Crippen LogP) is 3.80. The van der Waals surface area contributed by atoms with E-state index < -0.39 is 0 Å². The van der Waals surface area contributed by atoms with Crippen LogP contribution in [0, 0.1) is 5.82 Å². The summed E-state index contributed by atoms with van der Waals surface area (Å²) < 4.78 is 13.1. The summed E-state index contributed by atoms with van der Waals surface area (Å²) in [4.78, 5) is 2.49. The maximum absolute atomic E-state index is 13.1. The molecule has 1 aliphatic heterocycles. The molecule has 2 nitrogen and oxygen atoms in total. The first-order chi connectivity index (χ1) is 11.2. The van der Waals surface area contributed by atoms with Gasteiger partial charge in [0, 0.05) is 24.2 Å². The second kappa shape index (κ2) is 7.43. The van der Waals surface area contributed by atoms with Crippen molar-refractivity contribution in [2.75, 3.05) is 13.1 Å². The minimum atomic E-state index is -0.186. The SMILES string of the molecule is NCCCN1Cc2ccc(Cl)cc2CC1Cc1ccc(F)cc1. The number of fused-ring (bicyclic) bond motifs is 1. The summed E-state index contributed by atoms with van der Waals surface area (Å²) in [7, 11) is 0. The van der Waals surface area contributed by atoms with Crippen molar-refractivity contribution in [2.45, 2.75) is 31.8 Å². The van der Waals surface area contributed by atoms with Crippen LogP contribution < -0.4 is 5.73 Å². The summed E-state index contributed by atoms with van der Waals surface area (Å²) in [6.07, 6.45) is 2.87. The molecule has 0 fully saturated rings. The first-order valence-electron chi connectivity index (χ1n) is 8.11. The van der Waals surface area contributed by atoms with Gasteiger partial charge >= 0.3 is 0 Å². The molecule has 3 rings (SSSR count). The van der Waals surface area contributed by atoms with Gasteiger partial charge in [0.15, 0.2) is 0 Å². The van der Waals surface area contributed by atoms with Crippen LogP contribution in [0.3, 0.4) is 0 Å². The molecule has 2 aromatic rings. The number of hydrogen-bond donors (Lipinski definition) is 1. The predicted molar refractivity (Wildman–Crippen MR) is 93.1 cm³/mol. The zero-order chi connectivity index (χ0) is 16.2. The van der Waals surface area contributed by atoms with Crippen molar-refractivity contribution in [2.24, 2.45) is 5.73 Å². The molecule has 1 heterocycles. The van der Waals surface area contributed by atoms with Gasteiger partial charge in [0.05, 0.1) is 0 Å². The van der Waals surface area contributed by atoms with Crippen molar-refractivity contribution >= 4 is 11.6 Å². The average Bonchev–Trinajstić information content (AvgIpc) is 2.55. The molecule has 1 aliphatic rings. The van der Waals surface area contributed by atoms with Crippen LogP contribution in [0.4, 0.5) is 4.39 Å². The number of rotatable bonds is 5. The highest BCUT2D eigenvalue weighted by atomic mass is 35.5. The van der Waals surface area contributed by atoms with E-state index in [1.165, 1.54) is 28.8 Å². The van der Waals surface area contributed by atoms with Gasteiger partial charge in [-0.3, -0.25) is 4.90 Å². The van der Waals surface area contributed by atoms with Crippen molar-refractivity contribution in [1.82, 2.24) is 4.90 Å². The molecule has 0 saturated carbocycles. The topological polar surface area (TPSA) is 29.3 Å². The van der Waals surface area contributed by atoms with Gasteiger partial charge in [0.25, 0.3) is 0 Å². The Kier molecular flexibility index (Phi) is 5.31. The van der Waals surface area contributed by atoms with E-state index in [2.05, 4.69) is 17.0 Å². The molecule has 2 aromatic carbocycles. The summed E-state index contributed by atoms with van der Waals surface area (Å²) in [5, 5.41) is 0.791. The molecule has 0 bridgehead atoms. The van der Waals surface area contributed by atoms with Crippen LogP contribution >= 0.6 is 11.6 Å². The summed E-state index contributed by atoms with van der Waals surface area (Å²) in [6.45, 7) is 2.62. The van der Waals surface area contributed by atoms with Gasteiger partial charge in [-0.05, 0) is 66.8 Å². The third kappa shape index (κ3) is 4.11. The van der Waals surface area contributed by atoms with Crippen molar-refractivity contribution in [1.29, 1.82) is 0 Å². The fourth-order valence-corrected chi connectivity index (χ4v) is 3.51. The van der Waals surface area contributed by atoms with E-state index in [4.69, 9.17) is 17.3 Å². The van der Waals surface area contributed by atoms with E-state index >= 15 is 0 Å². The van der Waals surface area contributed by atoms with Crippen LogP contribution in [0.2, 0.25) is 5.02 Å². The van der Waals surface area contributed by atoms with Gasteiger partial charge in [-0.25, -0.2) is 4.39 Å². The number of benzene rings is 2. The van der Waals surface area contributed by atoms with Gasteiger partial charge in [-0.2, -0.15) is 0 Å². The summed E-state index contributed by atoms with van der Waals surface area (Å²) in [5.74, 6) is -0.186. The standard InChI is InChI=1S/C19H22ClFN2/c20-17-5-4-15-13-23(9-1-8-22)19(12-16(15)11-17)10-14-2-6-18(21)7-3-14/h2-7,11,19H,1,8-10,12-13,22H2. The first kappa shape index (κ1) is 16.4. The maximum atomic E-state index is 13.1. The van der Waals surface area contributed by atoms with Gasteiger partial charge in [0.1, 0.15) is 5.82 Å². The smallest absolute Gasteiger partial charge is 0.123 e. The Morgan fingerprint density at radius 1 is 1.13 bits per heavy atom. The highest BCUT2D eigenvalue weighted by Gasteiger charge is 2.26. The van der Waals surface area contributed by atoms with Crippen LogP contribution in [-0.2, 0) is 19.4 Å². The highest BCUT2D eigenvalue weighted by molar-refractivity contribution is 6.30. The number of nitrogens with two attached hydrogens (primary N) is 1. The lowest BCUT2D eigenvalue weighted by molar-refractivity contribution is 0.169. The van der Waals surface area contributed by atoms with E-state index in [1.54, 1.807) is 0 Å². The third-order valence-electron chi connectivity index (χ3n) is 4.55. The van der Waals surface area contributed by atoms with E-state index in [0.29, 0.717) is 12.6 Å². The first-order valence-corrected chi connectivity index (χ1v) is 8.49. The zero-order valence-electron chi connectivity index (χ0n) is 13.1. The lowest BCUT2D eigenvalue weighted by Crippen LogP contribution is -2.42. The minimum Gasteiger partial charge on any atom is -0.330 e. The second-order valence-electron chi connectivity index (χ2n) is 6.21. The lowest BCUT2D eigenvalue weighted by atomic mass is 9.90. The summed E-state index contributed by atoms with van der Waals surface area (Å²) in [6, 6.07) is 13.4. The highest BCUT2D eigenvalue weighted by Crippen LogP contribution is 2.28. The van der Waals surface area contributed by atoms with Gasteiger partial charge < -0.3 is 5.73 Å². The van der Waals surface area contributed by atoms with E-state index in [1.807, 2.05) is 18.2 Å². The van der Waals surface area contributed by atoms with Crippen molar-refractivity contribution in [3.05, 3.63) is 70.0 Å². The van der Waals surface area contributed by atoms with Crippen molar-refractivity contribution < 1.29 is 4.39 Å². The molecule has 2 N–H and O–H groups in total. The van der Waals surface area contributed by atoms with E-state index in [0.717, 1.165) is 37.4 Å². The molecular weight excluding hydrogens is 311 g/mol. The Morgan fingerprint density at radius 3 is 2.65 bits per heavy atom. The monoisotopic (exact) mass is 332 g/mol. The molecule has 0 spiro atoms. The molecule has 1 unspecified atom stereocenters. The molecule has 23 heavy (non-hydrogen) atoms. The van der Waals surface area contributed by atoms with Crippen LogP contribution in [0.5, 0.6) is 0 Å².